The zero-order valence-electron chi connectivity index (χ0n) is 11.5. The molecule has 0 spiro atoms. The minimum absolute atomic E-state index is 0.172. The van der Waals surface area contributed by atoms with Crippen molar-refractivity contribution in [2.24, 2.45) is 5.92 Å². The van der Waals surface area contributed by atoms with E-state index in [1.807, 2.05) is 6.07 Å². The first-order valence-electron chi connectivity index (χ1n) is 6.97. The van der Waals surface area contributed by atoms with E-state index in [0.717, 1.165) is 12.1 Å². The minimum Gasteiger partial charge on any atom is -0.303 e. The largest absolute Gasteiger partial charge is 0.326 e. The van der Waals surface area contributed by atoms with Crippen molar-refractivity contribution in [2.75, 3.05) is 0 Å². The zero-order valence-corrected chi connectivity index (χ0v) is 12.2. The van der Waals surface area contributed by atoms with Gasteiger partial charge in [-0.25, -0.2) is 14.3 Å². The lowest BCUT2D eigenvalue weighted by molar-refractivity contribution is -0.115. The Labute approximate surface area is 130 Å². The number of nitrogens with one attached hydrogen (secondary N) is 2. The lowest BCUT2D eigenvalue weighted by Crippen LogP contribution is -2.22. The van der Waals surface area contributed by atoms with Crippen molar-refractivity contribution in [3.8, 4) is 0 Å². The van der Waals surface area contributed by atoms with Crippen LogP contribution in [0.15, 0.2) is 18.0 Å². The van der Waals surface area contributed by atoms with Crippen molar-refractivity contribution in [3.05, 3.63) is 34.4 Å². The van der Waals surface area contributed by atoms with Gasteiger partial charge in [-0.05, 0) is 37.3 Å². The van der Waals surface area contributed by atoms with E-state index >= 15 is 0 Å². The van der Waals surface area contributed by atoms with Crippen LogP contribution in [0, 0.1) is 5.92 Å². The number of hydrogen-bond acceptors (Lipinski definition) is 4. The number of fused-ring (bicyclic) bond motifs is 1. The second-order valence-electron chi connectivity index (χ2n) is 5.52. The quantitative estimate of drug-likeness (QED) is 0.510. The molecule has 4 rings (SSSR count). The minimum atomic E-state index is -0.534. The Morgan fingerprint density at radius 3 is 2.86 bits per heavy atom. The number of imide groups is 1. The van der Waals surface area contributed by atoms with Crippen molar-refractivity contribution in [1.29, 1.82) is 0 Å². The maximum absolute atomic E-state index is 11.6. The van der Waals surface area contributed by atoms with Crippen molar-refractivity contribution < 1.29 is 9.59 Å². The molecule has 2 N–H and O–H groups in total. The first kappa shape index (κ1) is 13.3. The third-order valence-electron chi connectivity index (χ3n) is 3.76. The van der Waals surface area contributed by atoms with Gasteiger partial charge in [0.15, 0.2) is 5.65 Å². The normalized spacial score (nSPS) is 19.8. The molecule has 3 heterocycles. The molecule has 0 atom stereocenters. The predicted octanol–water partition coefficient (Wildman–Crippen LogP) is 1.52. The van der Waals surface area contributed by atoms with Gasteiger partial charge < -0.3 is 5.32 Å². The second-order valence-corrected chi connectivity index (χ2v) is 5.91. The number of nitrogens with zero attached hydrogens (tertiary/aromatic N) is 3. The summed E-state index contributed by atoms with van der Waals surface area (Å²) in [6.07, 6.45) is 6.53. The number of urea groups is 1. The van der Waals surface area contributed by atoms with Gasteiger partial charge in [0, 0.05) is 11.3 Å². The van der Waals surface area contributed by atoms with E-state index in [1.165, 1.54) is 12.8 Å². The van der Waals surface area contributed by atoms with Gasteiger partial charge in [0.2, 0.25) is 0 Å². The van der Waals surface area contributed by atoms with Crippen LogP contribution in [-0.2, 0) is 11.2 Å². The Hall–Kier alpha value is -2.41. The van der Waals surface area contributed by atoms with Crippen LogP contribution < -0.4 is 10.6 Å². The van der Waals surface area contributed by atoms with Gasteiger partial charge in [0.1, 0.15) is 10.9 Å². The van der Waals surface area contributed by atoms with E-state index in [0.29, 0.717) is 22.3 Å². The molecule has 8 heteroatoms. The van der Waals surface area contributed by atoms with Crippen LogP contribution in [0.1, 0.15) is 24.1 Å². The van der Waals surface area contributed by atoms with Gasteiger partial charge in [0.25, 0.3) is 5.91 Å². The van der Waals surface area contributed by atoms with Gasteiger partial charge in [0.05, 0.1) is 6.20 Å². The number of carbonyl (C=O) groups is 2. The summed E-state index contributed by atoms with van der Waals surface area (Å²) in [4.78, 5) is 27.0. The monoisotopic (exact) mass is 317 g/mol. The second kappa shape index (κ2) is 4.81. The van der Waals surface area contributed by atoms with Crippen molar-refractivity contribution in [1.82, 2.24) is 25.2 Å². The highest BCUT2D eigenvalue weighted by atomic mass is 35.5. The maximum Gasteiger partial charge on any atom is 0.326 e. The molecule has 112 valence electrons. The summed E-state index contributed by atoms with van der Waals surface area (Å²) in [5.74, 6) is 0.220. The van der Waals surface area contributed by atoms with Crippen LogP contribution in [0.5, 0.6) is 0 Å². The predicted molar refractivity (Wildman–Crippen MR) is 79.1 cm³/mol. The molecule has 7 nitrogen and oxygen atoms in total. The molecule has 22 heavy (non-hydrogen) atoms. The van der Waals surface area contributed by atoms with E-state index < -0.39 is 11.9 Å². The number of hydrogen-bond donors (Lipinski definition) is 2. The van der Waals surface area contributed by atoms with Crippen molar-refractivity contribution >= 4 is 35.3 Å². The number of rotatable bonds is 3. The summed E-state index contributed by atoms with van der Waals surface area (Å²) in [5, 5.41) is 9.32. The summed E-state index contributed by atoms with van der Waals surface area (Å²) in [6, 6.07) is 1.29. The van der Waals surface area contributed by atoms with E-state index in [1.54, 1.807) is 16.8 Å². The van der Waals surface area contributed by atoms with Crippen molar-refractivity contribution in [3.63, 3.8) is 0 Å². The fourth-order valence-corrected chi connectivity index (χ4v) is 2.72. The number of halogens is 1. The third-order valence-corrected chi connectivity index (χ3v) is 3.95. The highest BCUT2D eigenvalue weighted by molar-refractivity contribution is 6.29. The van der Waals surface area contributed by atoms with E-state index in [4.69, 9.17) is 11.6 Å². The maximum atomic E-state index is 11.6. The summed E-state index contributed by atoms with van der Waals surface area (Å²) < 4.78 is 1.74. The van der Waals surface area contributed by atoms with Gasteiger partial charge in [-0.2, -0.15) is 5.10 Å². The Morgan fingerprint density at radius 1 is 1.36 bits per heavy atom. The van der Waals surface area contributed by atoms with Crippen LogP contribution in [0.4, 0.5) is 4.79 Å². The SMILES string of the molecule is O=C1NC(=O)/C(=C/c2cnn3c(CC4CC4)cc(Cl)nc23)N1. The van der Waals surface area contributed by atoms with Crippen molar-refractivity contribution in [2.45, 2.75) is 19.3 Å². The number of amides is 3. The zero-order chi connectivity index (χ0) is 15.3. The number of carbonyl (C=O) groups excluding carboxylic acids is 2. The van der Waals surface area contributed by atoms with Crippen LogP contribution in [0.2, 0.25) is 5.15 Å². The molecule has 3 amide bonds. The average molecular weight is 318 g/mol. The first-order chi connectivity index (χ1) is 10.6. The highest BCUT2D eigenvalue weighted by Gasteiger charge is 2.25. The van der Waals surface area contributed by atoms with Crippen LogP contribution >= 0.6 is 11.6 Å². The molecule has 0 aromatic carbocycles. The molecule has 2 fully saturated rings. The van der Waals surface area contributed by atoms with Gasteiger partial charge >= 0.3 is 6.03 Å². The molecule has 0 unspecified atom stereocenters. The molecule has 2 aromatic rings. The fraction of sp³-hybridized carbons (Fsp3) is 0.286. The lowest BCUT2D eigenvalue weighted by atomic mass is 10.2. The smallest absolute Gasteiger partial charge is 0.303 e. The lowest BCUT2D eigenvalue weighted by Gasteiger charge is -2.04. The molecule has 2 aromatic heterocycles. The van der Waals surface area contributed by atoms with E-state index in [2.05, 4.69) is 20.7 Å². The molecular weight excluding hydrogens is 306 g/mol. The molecular formula is C14H12ClN5O2. The summed E-state index contributed by atoms with van der Waals surface area (Å²) >= 11 is 6.10. The van der Waals surface area contributed by atoms with Crippen LogP contribution in [0.25, 0.3) is 11.7 Å². The molecule has 1 aliphatic heterocycles. The van der Waals surface area contributed by atoms with E-state index in [9.17, 15) is 9.59 Å². The highest BCUT2D eigenvalue weighted by Crippen LogP contribution is 2.33. The standard InChI is InChI=1S/C14H12ClN5O2/c15-11-5-9(3-7-1-2-7)20-12(18-11)8(6-16-20)4-10-13(21)19-14(22)17-10/h4-7H,1-3H2,(H2,17,19,21,22)/b10-4-. The third kappa shape index (κ3) is 2.33. The Balaban J connectivity index is 1.79. The average Bonchev–Trinajstić information content (AvgIpc) is 3.09. The fourth-order valence-electron chi connectivity index (χ4n) is 2.51. The van der Waals surface area contributed by atoms with E-state index in [-0.39, 0.29) is 5.70 Å². The summed E-state index contributed by atoms with van der Waals surface area (Å²) in [7, 11) is 0. The topological polar surface area (TPSA) is 88.4 Å². The molecule has 1 saturated carbocycles. The molecule has 1 aliphatic carbocycles. The summed E-state index contributed by atoms with van der Waals surface area (Å²) in [6.45, 7) is 0. The molecule has 2 aliphatic rings. The number of aromatic nitrogens is 3. The van der Waals surface area contributed by atoms with Crippen LogP contribution in [-0.4, -0.2) is 26.5 Å². The molecule has 0 bridgehead atoms. The first-order valence-corrected chi connectivity index (χ1v) is 7.35. The van der Waals surface area contributed by atoms with Crippen LogP contribution in [0.3, 0.4) is 0 Å². The van der Waals surface area contributed by atoms with Gasteiger partial charge in [-0.15, -0.1) is 0 Å². The van der Waals surface area contributed by atoms with Gasteiger partial charge in [-0.3, -0.25) is 10.1 Å². The Morgan fingerprint density at radius 2 is 2.18 bits per heavy atom. The molecule has 1 saturated heterocycles. The summed E-state index contributed by atoms with van der Waals surface area (Å²) in [5.41, 5.74) is 2.38. The van der Waals surface area contributed by atoms with Gasteiger partial charge in [-0.1, -0.05) is 11.6 Å². The molecule has 0 radical (unpaired) electrons. The Kier molecular flexibility index (Phi) is 2.90. The Bertz CT molecular complexity index is 837.